The van der Waals surface area contributed by atoms with Crippen molar-refractivity contribution in [1.29, 1.82) is 5.26 Å². The number of benzene rings is 3. The Morgan fingerprint density at radius 2 is 1.71 bits per heavy atom. The molecule has 3 heteroatoms. The number of hydrogen-bond donors (Lipinski definition) is 0. The molecule has 3 nitrogen and oxygen atoms in total. The summed E-state index contributed by atoms with van der Waals surface area (Å²) in [5.74, 6) is 1.39. The van der Waals surface area contributed by atoms with Crippen molar-refractivity contribution in [3.05, 3.63) is 71.8 Å². The van der Waals surface area contributed by atoms with Crippen LogP contribution in [0, 0.1) is 11.3 Å². The lowest BCUT2D eigenvalue weighted by Crippen LogP contribution is -1.90. The lowest BCUT2D eigenvalue weighted by Gasteiger charge is -2.08. The fraction of sp³-hybridized carbons (Fsp3) is 0.0952. The zero-order valence-electron chi connectivity index (χ0n) is 13.6. The largest absolute Gasteiger partial charge is 0.497 e. The zero-order valence-corrected chi connectivity index (χ0v) is 13.6. The number of ether oxygens (including phenoxy) is 2. The first-order valence-electron chi connectivity index (χ1n) is 7.58. The molecule has 3 aromatic carbocycles. The first kappa shape index (κ1) is 15.6. The summed E-state index contributed by atoms with van der Waals surface area (Å²) in [6, 6.07) is 22.0. The Bertz CT molecular complexity index is 951. The second-order valence-corrected chi connectivity index (χ2v) is 5.34. The normalized spacial score (nSPS) is 11.1. The number of hydrogen-bond acceptors (Lipinski definition) is 3. The third-order valence-electron chi connectivity index (χ3n) is 3.92. The van der Waals surface area contributed by atoms with E-state index in [2.05, 4.69) is 12.1 Å². The summed E-state index contributed by atoms with van der Waals surface area (Å²) in [5.41, 5.74) is 2.31. The van der Waals surface area contributed by atoms with Crippen molar-refractivity contribution >= 4 is 22.4 Å². The molecular formula is C21H17NO2. The highest BCUT2D eigenvalue weighted by molar-refractivity contribution is 5.94. The van der Waals surface area contributed by atoms with Crippen molar-refractivity contribution in [2.24, 2.45) is 0 Å². The van der Waals surface area contributed by atoms with Crippen molar-refractivity contribution < 1.29 is 9.47 Å². The highest BCUT2D eigenvalue weighted by atomic mass is 16.5. The van der Waals surface area contributed by atoms with E-state index in [0.29, 0.717) is 17.1 Å². The average molecular weight is 315 g/mol. The molecule has 3 rings (SSSR count). The first-order valence-corrected chi connectivity index (χ1v) is 7.58. The molecule has 0 spiro atoms. The molecule has 3 aromatic rings. The predicted octanol–water partition coefficient (Wildman–Crippen LogP) is 4.92. The molecule has 0 amide bonds. The Kier molecular flexibility index (Phi) is 4.49. The molecule has 0 unspecified atom stereocenters. The topological polar surface area (TPSA) is 42.2 Å². The molecule has 118 valence electrons. The minimum absolute atomic E-state index is 0.587. The molecule has 0 aliphatic carbocycles. The van der Waals surface area contributed by atoms with Crippen LogP contribution in [0.2, 0.25) is 0 Å². The lowest BCUT2D eigenvalue weighted by molar-refractivity contribution is 0.394. The Balaban J connectivity index is 2.07. The number of methoxy groups -OCH3 is 2. The Hall–Kier alpha value is -3.25. The van der Waals surface area contributed by atoms with Gasteiger partial charge in [-0.1, -0.05) is 36.4 Å². The fourth-order valence-electron chi connectivity index (χ4n) is 2.63. The summed E-state index contributed by atoms with van der Waals surface area (Å²) < 4.78 is 10.6. The predicted molar refractivity (Wildman–Crippen MR) is 97.0 cm³/mol. The molecule has 0 bridgehead atoms. The van der Waals surface area contributed by atoms with Crippen LogP contribution in [0.4, 0.5) is 0 Å². The molecule has 0 N–H and O–H groups in total. The smallest absolute Gasteiger partial charge is 0.129 e. The van der Waals surface area contributed by atoms with Gasteiger partial charge in [-0.2, -0.15) is 5.26 Å². The van der Waals surface area contributed by atoms with Gasteiger partial charge in [-0.25, -0.2) is 0 Å². The van der Waals surface area contributed by atoms with Crippen molar-refractivity contribution in [1.82, 2.24) is 0 Å². The average Bonchev–Trinajstić information content (AvgIpc) is 2.65. The van der Waals surface area contributed by atoms with Crippen molar-refractivity contribution in [3.63, 3.8) is 0 Å². The van der Waals surface area contributed by atoms with Crippen LogP contribution >= 0.6 is 0 Å². The monoisotopic (exact) mass is 315 g/mol. The highest BCUT2D eigenvalue weighted by Gasteiger charge is 2.07. The molecule has 0 radical (unpaired) electrons. The highest BCUT2D eigenvalue weighted by Crippen LogP contribution is 2.29. The van der Waals surface area contributed by atoms with E-state index in [4.69, 9.17) is 9.47 Å². The van der Waals surface area contributed by atoms with Crippen LogP contribution in [-0.2, 0) is 0 Å². The third kappa shape index (κ3) is 3.09. The third-order valence-corrected chi connectivity index (χ3v) is 3.92. The molecule has 0 atom stereocenters. The fourth-order valence-corrected chi connectivity index (χ4v) is 2.63. The minimum atomic E-state index is 0.587. The van der Waals surface area contributed by atoms with E-state index in [0.717, 1.165) is 21.9 Å². The van der Waals surface area contributed by atoms with Gasteiger partial charge < -0.3 is 9.47 Å². The van der Waals surface area contributed by atoms with E-state index >= 15 is 0 Å². The van der Waals surface area contributed by atoms with Gasteiger partial charge >= 0.3 is 0 Å². The number of nitrogens with zero attached hydrogens (tertiary/aromatic N) is 1. The zero-order chi connectivity index (χ0) is 16.9. The van der Waals surface area contributed by atoms with Crippen molar-refractivity contribution in [2.75, 3.05) is 14.2 Å². The van der Waals surface area contributed by atoms with E-state index in [1.165, 1.54) is 0 Å². The van der Waals surface area contributed by atoms with Gasteiger partial charge in [0.2, 0.25) is 0 Å². The minimum Gasteiger partial charge on any atom is -0.497 e. The summed E-state index contributed by atoms with van der Waals surface area (Å²) in [6.45, 7) is 0. The molecule has 0 fully saturated rings. The second-order valence-electron chi connectivity index (χ2n) is 5.34. The van der Waals surface area contributed by atoms with Crippen LogP contribution in [0.5, 0.6) is 11.5 Å². The van der Waals surface area contributed by atoms with Gasteiger partial charge in [-0.15, -0.1) is 0 Å². The summed E-state index contributed by atoms with van der Waals surface area (Å²) in [5, 5.41) is 11.9. The standard InChI is InChI=1S/C21H17NO2/c1-23-20-10-9-18(21(13-20)24-2)12-19(14-22)17-8-7-15-5-3-4-6-16(15)11-17/h3-13H,1-2H3. The van der Waals surface area contributed by atoms with E-state index < -0.39 is 0 Å². The van der Waals surface area contributed by atoms with Gasteiger partial charge in [-0.3, -0.25) is 0 Å². The maximum absolute atomic E-state index is 9.59. The molecule has 0 aromatic heterocycles. The van der Waals surface area contributed by atoms with E-state index in [-0.39, 0.29) is 0 Å². The quantitative estimate of drug-likeness (QED) is 0.507. The number of rotatable bonds is 4. The van der Waals surface area contributed by atoms with Crippen LogP contribution in [0.1, 0.15) is 11.1 Å². The van der Waals surface area contributed by atoms with Gasteiger partial charge in [0.15, 0.2) is 0 Å². The Morgan fingerprint density at radius 3 is 2.42 bits per heavy atom. The van der Waals surface area contributed by atoms with Gasteiger partial charge in [0.05, 0.1) is 25.9 Å². The number of allylic oxidation sites excluding steroid dienone is 1. The van der Waals surface area contributed by atoms with Crippen LogP contribution in [0.15, 0.2) is 60.7 Å². The summed E-state index contributed by atoms with van der Waals surface area (Å²) >= 11 is 0. The maximum atomic E-state index is 9.59. The van der Waals surface area contributed by atoms with Crippen LogP contribution in [0.3, 0.4) is 0 Å². The molecule has 0 heterocycles. The van der Waals surface area contributed by atoms with E-state index in [1.807, 2.05) is 54.6 Å². The summed E-state index contributed by atoms with van der Waals surface area (Å²) in [7, 11) is 3.22. The van der Waals surface area contributed by atoms with Crippen molar-refractivity contribution in [2.45, 2.75) is 0 Å². The Labute approximate surface area is 141 Å². The second kappa shape index (κ2) is 6.89. The Morgan fingerprint density at radius 1 is 0.917 bits per heavy atom. The summed E-state index contributed by atoms with van der Waals surface area (Å²) in [4.78, 5) is 0. The molecule has 0 aliphatic heterocycles. The van der Waals surface area contributed by atoms with Gasteiger partial charge in [0, 0.05) is 11.6 Å². The first-order chi connectivity index (χ1) is 11.7. The molecule has 0 saturated carbocycles. The van der Waals surface area contributed by atoms with E-state index in [1.54, 1.807) is 20.3 Å². The summed E-state index contributed by atoms with van der Waals surface area (Å²) in [6.07, 6.45) is 1.84. The van der Waals surface area contributed by atoms with Gasteiger partial charge in [0.25, 0.3) is 0 Å². The van der Waals surface area contributed by atoms with Gasteiger partial charge in [-0.05, 0) is 40.6 Å². The van der Waals surface area contributed by atoms with E-state index in [9.17, 15) is 5.26 Å². The molecule has 0 aliphatic rings. The lowest BCUT2D eigenvalue weighted by atomic mass is 10.00. The van der Waals surface area contributed by atoms with Crippen LogP contribution in [0.25, 0.3) is 22.4 Å². The molecule has 24 heavy (non-hydrogen) atoms. The maximum Gasteiger partial charge on any atom is 0.129 e. The van der Waals surface area contributed by atoms with Crippen molar-refractivity contribution in [3.8, 4) is 17.6 Å². The van der Waals surface area contributed by atoms with Crippen LogP contribution < -0.4 is 9.47 Å². The molecular weight excluding hydrogens is 298 g/mol. The SMILES string of the molecule is COc1ccc(C=C(C#N)c2ccc3ccccc3c2)c(OC)c1. The molecule has 0 saturated heterocycles. The van der Waals surface area contributed by atoms with Gasteiger partial charge in [0.1, 0.15) is 11.5 Å². The number of fused-ring (bicyclic) bond motifs is 1. The number of nitriles is 1. The van der Waals surface area contributed by atoms with Crippen LogP contribution in [-0.4, -0.2) is 14.2 Å².